The summed E-state index contributed by atoms with van der Waals surface area (Å²) in [4.78, 5) is 14.3. The van der Waals surface area contributed by atoms with Gasteiger partial charge in [0.1, 0.15) is 11.8 Å². The normalized spacial score (nSPS) is 17.4. The second kappa shape index (κ2) is 7.40. The van der Waals surface area contributed by atoms with Crippen LogP contribution in [0.1, 0.15) is 12.0 Å². The molecule has 1 aliphatic heterocycles. The Morgan fingerprint density at radius 2 is 2.08 bits per heavy atom. The molecule has 0 unspecified atom stereocenters. The minimum absolute atomic E-state index is 0.0454. The Labute approximate surface area is 151 Å². The fraction of sp³-hybridized carbons (Fsp3) is 0.333. The van der Waals surface area contributed by atoms with Crippen LogP contribution in [0.4, 0.5) is 0 Å². The van der Waals surface area contributed by atoms with Gasteiger partial charge < -0.3 is 10.1 Å². The van der Waals surface area contributed by atoms with Gasteiger partial charge in [-0.25, -0.2) is 0 Å². The number of fused-ring (bicyclic) bond motifs is 1. The van der Waals surface area contributed by atoms with Crippen molar-refractivity contribution in [3.63, 3.8) is 0 Å². The van der Waals surface area contributed by atoms with Crippen molar-refractivity contribution >= 4 is 45.8 Å². The number of methoxy groups -OCH3 is 1. The van der Waals surface area contributed by atoms with E-state index in [9.17, 15) is 4.79 Å². The molecular weight excluding hydrogens is 340 g/mol. The van der Waals surface area contributed by atoms with Crippen LogP contribution in [0.5, 0.6) is 5.75 Å². The monoisotopic (exact) mass is 360 g/mol. The smallest absolute Gasteiger partial charge is 0.251 e. The average Bonchev–Trinajstić information content (AvgIpc) is 2.87. The lowest BCUT2D eigenvalue weighted by molar-refractivity contribution is -0.127. The summed E-state index contributed by atoms with van der Waals surface area (Å²) < 4.78 is 5.52. The summed E-state index contributed by atoms with van der Waals surface area (Å²) in [7, 11) is 1.65. The van der Waals surface area contributed by atoms with Gasteiger partial charge in [0, 0.05) is 5.56 Å². The molecule has 0 aliphatic carbocycles. The maximum atomic E-state index is 12.7. The van der Waals surface area contributed by atoms with Gasteiger partial charge in [-0.05, 0) is 47.5 Å². The largest absolute Gasteiger partial charge is 0.496 e. The summed E-state index contributed by atoms with van der Waals surface area (Å²) >= 11 is 7.12. The lowest BCUT2D eigenvalue weighted by Crippen LogP contribution is -2.31. The molecule has 1 heterocycles. The molecule has 1 saturated heterocycles. The average molecular weight is 361 g/mol. The highest BCUT2D eigenvalue weighted by Gasteiger charge is 2.35. The SMILES string of the molecule is COc1ccc2ccccc2c1CN1C(=O)[C@H](CCSC)NC1=S. The van der Waals surface area contributed by atoms with E-state index in [1.54, 1.807) is 23.8 Å². The number of hydrogen-bond acceptors (Lipinski definition) is 4. The number of amides is 1. The minimum atomic E-state index is -0.217. The summed E-state index contributed by atoms with van der Waals surface area (Å²) in [6, 6.07) is 11.9. The van der Waals surface area contributed by atoms with Crippen LogP contribution in [-0.2, 0) is 11.3 Å². The van der Waals surface area contributed by atoms with Gasteiger partial charge >= 0.3 is 0 Å². The fourth-order valence-corrected chi connectivity index (χ4v) is 3.75. The Morgan fingerprint density at radius 3 is 2.83 bits per heavy atom. The van der Waals surface area contributed by atoms with Crippen LogP contribution in [0.2, 0.25) is 0 Å². The van der Waals surface area contributed by atoms with Crippen molar-refractivity contribution < 1.29 is 9.53 Å². The quantitative estimate of drug-likeness (QED) is 0.802. The molecular formula is C18H20N2O2S2. The zero-order valence-electron chi connectivity index (χ0n) is 13.7. The highest BCUT2D eigenvalue weighted by molar-refractivity contribution is 7.98. The highest BCUT2D eigenvalue weighted by atomic mass is 32.2. The van der Waals surface area contributed by atoms with Gasteiger partial charge in [-0.3, -0.25) is 9.69 Å². The molecule has 126 valence electrons. The van der Waals surface area contributed by atoms with E-state index in [1.807, 2.05) is 30.5 Å². The lowest BCUT2D eigenvalue weighted by Gasteiger charge is -2.19. The maximum Gasteiger partial charge on any atom is 0.251 e. The number of carbonyl (C=O) groups is 1. The first-order valence-corrected chi connectivity index (χ1v) is 9.61. The Balaban J connectivity index is 1.92. The predicted octanol–water partition coefficient (Wildman–Crippen LogP) is 3.19. The number of benzene rings is 2. The number of carbonyl (C=O) groups excluding carboxylic acids is 1. The summed E-state index contributed by atoms with van der Waals surface area (Å²) in [5.74, 6) is 1.75. The van der Waals surface area contributed by atoms with Crippen LogP contribution in [0.15, 0.2) is 36.4 Å². The van der Waals surface area contributed by atoms with Crippen LogP contribution in [0.3, 0.4) is 0 Å². The number of nitrogens with one attached hydrogen (secondary N) is 1. The van der Waals surface area contributed by atoms with Crippen molar-refractivity contribution in [2.45, 2.75) is 19.0 Å². The Hall–Kier alpha value is -1.79. The number of hydrogen-bond donors (Lipinski definition) is 1. The van der Waals surface area contributed by atoms with Crippen LogP contribution >= 0.6 is 24.0 Å². The zero-order valence-corrected chi connectivity index (χ0v) is 15.4. The van der Waals surface area contributed by atoms with Gasteiger partial charge in [-0.1, -0.05) is 30.3 Å². The summed E-state index contributed by atoms with van der Waals surface area (Å²) in [5, 5.41) is 5.86. The van der Waals surface area contributed by atoms with Crippen molar-refractivity contribution in [3.05, 3.63) is 42.0 Å². The van der Waals surface area contributed by atoms with E-state index >= 15 is 0 Å². The number of nitrogens with zero attached hydrogens (tertiary/aromatic N) is 1. The van der Waals surface area contributed by atoms with Crippen LogP contribution in [0, 0.1) is 0 Å². The molecule has 1 amide bonds. The van der Waals surface area contributed by atoms with Crippen LogP contribution in [0.25, 0.3) is 10.8 Å². The number of ether oxygens (including phenoxy) is 1. The van der Waals surface area contributed by atoms with Crippen molar-refractivity contribution in [1.82, 2.24) is 10.2 Å². The van der Waals surface area contributed by atoms with E-state index in [4.69, 9.17) is 17.0 Å². The molecule has 0 radical (unpaired) electrons. The van der Waals surface area contributed by atoms with Crippen molar-refractivity contribution in [3.8, 4) is 5.75 Å². The van der Waals surface area contributed by atoms with Gasteiger partial charge in [0.05, 0.1) is 13.7 Å². The third kappa shape index (κ3) is 3.21. The van der Waals surface area contributed by atoms with E-state index in [0.29, 0.717) is 11.7 Å². The van der Waals surface area contributed by atoms with Crippen molar-refractivity contribution in [2.24, 2.45) is 0 Å². The van der Waals surface area contributed by atoms with Crippen LogP contribution < -0.4 is 10.1 Å². The zero-order chi connectivity index (χ0) is 17.1. The number of thiocarbonyl (C=S) groups is 1. The van der Waals surface area contributed by atoms with Crippen LogP contribution in [-0.4, -0.2) is 41.1 Å². The summed E-state index contributed by atoms with van der Waals surface area (Å²) in [5.41, 5.74) is 0.985. The fourth-order valence-electron chi connectivity index (χ4n) is 2.99. The second-order valence-corrected chi connectivity index (χ2v) is 7.05. The molecule has 2 aromatic carbocycles. The van der Waals surface area contributed by atoms with Gasteiger partial charge in [0.25, 0.3) is 5.91 Å². The summed E-state index contributed by atoms with van der Waals surface area (Å²) in [6.07, 6.45) is 2.82. The molecule has 0 aromatic heterocycles. The first-order valence-electron chi connectivity index (χ1n) is 7.81. The van der Waals surface area contributed by atoms with E-state index < -0.39 is 0 Å². The molecule has 1 N–H and O–H groups in total. The van der Waals surface area contributed by atoms with Gasteiger partial charge in [-0.15, -0.1) is 0 Å². The van der Waals surface area contributed by atoms with Gasteiger partial charge in [0.15, 0.2) is 5.11 Å². The maximum absolute atomic E-state index is 12.7. The van der Waals surface area contributed by atoms with E-state index in [2.05, 4.69) is 17.4 Å². The first kappa shape index (κ1) is 17.0. The molecule has 24 heavy (non-hydrogen) atoms. The molecule has 4 nitrogen and oxygen atoms in total. The molecule has 1 aliphatic rings. The van der Waals surface area contributed by atoms with Gasteiger partial charge in [-0.2, -0.15) is 11.8 Å². The number of thioether (sulfide) groups is 1. The molecule has 0 bridgehead atoms. The van der Waals surface area contributed by atoms with Crippen molar-refractivity contribution in [1.29, 1.82) is 0 Å². The van der Waals surface area contributed by atoms with E-state index in [-0.39, 0.29) is 11.9 Å². The lowest BCUT2D eigenvalue weighted by atomic mass is 10.0. The molecule has 6 heteroatoms. The van der Waals surface area contributed by atoms with Crippen molar-refractivity contribution in [2.75, 3.05) is 19.1 Å². The molecule has 0 saturated carbocycles. The van der Waals surface area contributed by atoms with E-state index in [0.717, 1.165) is 34.3 Å². The number of rotatable bonds is 6. The highest BCUT2D eigenvalue weighted by Crippen LogP contribution is 2.30. The molecule has 1 fully saturated rings. The third-order valence-electron chi connectivity index (χ3n) is 4.25. The van der Waals surface area contributed by atoms with Gasteiger partial charge in [0.2, 0.25) is 0 Å². The topological polar surface area (TPSA) is 41.6 Å². The molecule has 2 aromatic rings. The molecule has 1 atom stereocenters. The minimum Gasteiger partial charge on any atom is -0.496 e. The standard InChI is InChI=1S/C18H20N2O2S2/c1-22-16-8-7-12-5-3-4-6-13(12)14(16)11-20-17(21)15(9-10-24-2)19-18(20)23/h3-8,15H,9-11H2,1-2H3,(H,19,23)/t15-/m0/s1. The molecule has 3 rings (SSSR count). The third-order valence-corrected chi connectivity index (χ3v) is 5.23. The predicted molar refractivity (Wildman–Crippen MR) is 104 cm³/mol. The second-order valence-electron chi connectivity index (χ2n) is 5.68. The summed E-state index contributed by atoms with van der Waals surface area (Å²) in [6.45, 7) is 0.422. The first-order chi connectivity index (χ1) is 11.7. The Kier molecular flexibility index (Phi) is 5.26. The molecule has 0 spiro atoms. The van der Waals surface area contributed by atoms with E-state index in [1.165, 1.54) is 0 Å². The Morgan fingerprint density at radius 1 is 1.29 bits per heavy atom. The Bertz CT molecular complexity index is 779.